The number of fused-ring (bicyclic) bond motifs is 1. The Bertz CT molecular complexity index is 1430. The Morgan fingerprint density at radius 3 is 2.61 bits per heavy atom. The summed E-state index contributed by atoms with van der Waals surface area (Å²) < 4.78 is 56.8. The molecule has 2 saturated heterocycles. The number of benzene rings is 2. The molecule has 0 aliphatic carbocycles. The summed E-state index contributed by atoms with van der Waals surface area (Å²) in [5, 5.41) is 9.26. The van der Waals surface area contributed by atoms with Gasteiger partial charge in [-0.3, -0.25) is 4.79 Å². The Morgan fingerprint density at radius 1 is 1.17 bits per heavy atom. The van der Waals surface area contributed by atoms with Crippen LogP contribution in [0.1, 0.15) is 16.8 Å². The van der Waals surface area contributed by atoms with Crippen molar-refractivity contribution in [2.45, 2.75) is 18.3 Å². The number of anilines is 1. The van der Waals surface area contributed by atoms with E-state index in [2.05, 4.69) is 0 Å². The van der Waals surface area contributed by atoms with E-state index in [0.29, 0.717) is 32.2 Å². The zero-order valence-corrected chi connectivity index (χ0v) is 19.6. The predicted octanol–water partition coefficient (Wildman–Crippen LogP) is 2.99. The molecular formula is C25H24F3N3O5. The molecule has 1 aromatic heterocycles. The molecule has 3 heterocycles. The van der Waals surface area contributed by atoms with Gasteiger partial charge in [-0.1, -0.05) is 0 Å². The number of rotatable bonds is 5. The fourth-order valence-corrected chi connectivity index (χ4v) is 4.89. The van der Waals surface area contributed by atoms with E-state index in [0.717, 1.165) is 29.0 Å². The first-order valence-corrected chi connectivity index (χ1v) is 11.4. The van der Waals surface area contributed by atoms with E-state index in [1.54, 1.807) is 4.90 Å². The maximum Gasteiger partial charge on any atom is 0.341 e. The van der Waals surface area contributed by atoms with Crippen molar-refractivity contribution >= 4 is 22.6 Å². The molecule has 3 aromatic rings. The van der Waals surface area contributed by atoms with Gasteiger partial charge in [0.05, 0.1) is 36.1 Å². The average molecular weight is 503 g/mol. The number of nitrogens with zero attached hydrogens (tertiary/aromatic N) is 3. The van der Waals surface area contributed by atoms with Crippen molar-refractivity contribution in [3.8, 4) is 5.69 Å². The fourth-order valence-electron chi connectivity index (χ4n) is 4.89. The number of halogens is 3. The smallest absolute Gasteiger partial charge is 0.341 e. The molecule has 11 heteroatoms. The quantitative estimate of drug-likeness (QED) is 0.573. The van der Waals surface area contributed by atoms with Crippen molar-refractivity contribution in [3.05, 3.63) is 69.8 Å². The highest BCUT2D eigenvalue weighted by atomic mass is 19.1. The molecule has 2 aliphatic rings. The lowest BCUT2D eigenvalue weighted by atomic mass is 10.1. The summed E-state index contributed by atoms with van der Waals surface area (Å²) in [6, 6.07) is 5.10. The molecule has 1 spiro atoms. The van der Waals surface area contributed by atoms with Gasteiger partial charge < -0.3 is 28.9 Å². The van der Waals surface area contributed by atoms with Crippen LogP contribution in [0.25, 0.3) is 16.6 Å². The van der Waals surface area contributed by atoms with E-state index in [4.69, 9.17) is 9.47 Å². The van der Waals surface area contributed by atoms with Crippen molar-refractivity contribution < 1.29 is 32.5 Å². The second kappa shape index (κ2) is 8.91. The molecule has 0 radical (unpaired) electrons. The minimum absolute atomic E-state index is 0.0756. The number of carboxylic acid groups (broad SMARTS) is 1. The van der Waals surface area contributed by atoms with Gasteiger partial charge >= 0.3 is 5.97 Å². The highest BCUT2D eigenvalue weighted by Crippen LogP contribution is 2.37. The van der Waals surface area contributed by atoms with Crippen molar-refractivity contribution in [2.75, 3.05) is 45.2 Å². The second-order valence-corrected chi connectivity index (χ2v) is 9.36. The van der Waals surface area contributed by atoms with Crippen LogP contribution in [-0.2, 0) is 9.47 Å². The van der Waals surface area contributed by atoms with E-state index >= 15 is 4.39 Å². The molecule has 8 nitrogen and oxygen atoms in total. The SMILES string of the molecule is CN(C)CC1COC2(CCN(c3cc4c(cc3F)c(=O)c(C(=O)O)cn4-c3ccc(F)cc3F)C2)O1. The Kier molecular flexibility index (Phi) is 6.01. The fraction of sp³-hybridized carbons (Fsp3) is 0.360. The number of carboxylic acids is 1. The summed E-state index contributed by atoms with van der Waals surface area (Å²) in [5.74, 6) is -4.97. The topological polar surface area (TPSA) is 84.2 Å². The number of hydrogen-bond acceptors (Lipinski definition) is 6. The van der Waals surface area contributed by atoms with Crippen molar-refractivity contribution in [1.82, 2.24) is 9.47 Å². The number of aromatic nitrogens is 1. The number of carbonyl (C=O) groups is 1. The van der Waals surface area contributed by atoms with E-state index in [1.807, 2.05) is 19.0 Å². The average Bonchev–Trinajstić information content (AvgIpc) is 3.39. The van der Waals surface area contributed by atoms with Crippen LogP contribution < -0.4 is 10.3 Å². The van der Waals surface area contributed by atoms with Gasteiger partial charge in [0.2, 0.25) is 5.43 Å². The highest BCUT2D eigenvalue weighted by Gasteiger charge is 2.47. The lowest BCUT2D eigenvalue weighted by molar-refractivity contribution is -0.151. The molecule has 0 bridgehead atoms. The summed E-state index contributed by atoms with van der Waals surface area (Å²) in [6.07, 6.45) is 1.33. The zero-order chi connectivity index (χ0) is 25.8. The molecule has 2 aliphatic heterocycles. The van der Waals surface area contributed by atoms with Gasteiger partial charge in [0, 0.05) is 37.2 Å². The third-order valence-electron chi connectivity index (χ3n) is 6.49. The van der Waals surface area contributed by atoms with Gasteiger partial charge in [0.15, 0.2) is 5.79 Å². The van der Waals surface area contributed by atoms with Crippen LogP contribution in [0, 0.1) is 17.5 Å². The van der Waals surface area contributed by atoms with Gasteiger partial charge in [-0.2, -0.15) is 0 Å². The van der Waals surface area contributed by atoms with Gasteiger partial charge in [-0.05, 0) is 38.4 Å². The lowest BCUT2D eigenvalue weighted by Gasteiger charge is -2.25. The molecule has 2 aromatic carbocycles. The van der Waals surface area contributed by atoms with E-state index in [9.17, 15) is 23.5 Å². The van der Waals surface area contributed by atoms with Crippen molar-refractivity contribution in [2.24, 2.45) is 0 Å². The summed E-state index contributed by atoms with van der Waals surface area (Å²) in [5.41, 5.74) is -1.56. The molecule has 2 fully saturated rings. The summed E-state index contributed by atoms with van der Waals surface area (Å²) >= 11 is 0. The maximum absolute atomic E-state index is 15.3. The molecule has 5 rings (SSSR count). The van der Waals surface area contributed by atoms with Gasteiger partial charge in [0.25, 0.3) is 0 Å². The normalized spacial score (nSPS) is 21.8. The molecular weight excluding hydrogens is 479 g/mol. The van der Waals surface area contributed by atoms with E-state index in [-0.39, 0.29) is 34.9 Å². The number of hydrogen-bond donors (Lipinski definition) is 1. The first kappa shape index (κ1) is 24.3. The number of aromatic carboxylic acids is 1. The van der Waals surface area contributed by atoms with Gasteiger partial charge in [-0.15, -0.1) is 0 Å². The van der Waals surface area contributed by atoms with Crippen LogP contribution in [-0.4, -0.2) is 72.8 Å². The third kappa shape index (κ3) is 4.23. The minimum Gasteiger partial charge on any atom is -0.477 e. The minimum atomic E-state index is -1.55. The maximum atomic E-state index is 15.3. The lowest BCUT2D eigenvalue weighted by Crippen LogP contribution is -2.36. The Labute approximate surface area is 204 Å². The molecule has 2 atom stereocenters. The van der Waals surface area contributed by atoms with Crippen LogP contribution in [0.4, 0.5) is 18.9 Å². The number of ether oxygens (including phenoxy) is 2. The second-order valence-electron chi connectivity index (χ2n) is 9.36. The Morgan fingerprint density at radius 2 is 1.92 bits per heavy atom. The predicted molar refractivity (Wildman–Crippen MR) is 125 cm³/mol. The van der Waals surface area contributed by atoms with Gasteiger partial charge in [0.1, 0.15) is 23.0 Å². The molecule has 36 heavy (non-hydrogen) atoms. The largest absolute Gasteiger partial charge is 0.477 e. The molecule has 1 N–H and O–H groups in total. The van der Waals surface area contributed by atoms with Crippen molar-refractivity contribution in [3.63, 3.8) is 0 Å². The molecule has 2 unspecified atom stereocenters. The Balaban J connectivity index is 1.60. The summed E-state index contributed by atoms with van der Waals surface area (Å²) in [4.78, 5) is 28.2. The van der Waals surface area contributed by atoms with Crippen LogP contribution >= 0.6 is 0 Å². The van der Waals surface area contributed by atoms with Crippen LogP contribution in [0.5, 0.6) is 0 Å². The van der Waals surface area contributed by atoms with Crippen LogP contribution in [0.2, 0.25) is 0 Å². The van der Waals surface area contributed by atoms with E-state index < -0.39 is 40.2 Å². The molecule has 0 saturated carbocycles. The van der Waals surface area contributed by atoms with E-state index in [1.165, 1.54) is 6.07 Å². The zero-order valence-electron chi connectivity index (χ0n) is 19.6. The first-order chi connectivity index (χ1) is 17.1. The third-order valence-corrected chi connectivity index (χ3v) is 6.49. The van der Waals surface area contributed by atoms with Crippen molar-refractivity contribution in [1.29, 1.82) is 0 Å². The number of likely N-dealkylation sites (N-methyl/N-ethyl adjacent to an activating group) is 1. The van der Waals surface area contributed by atoms with Crippen LogP contribution in [0.3, 0.4) is 0 Å². The molecule has 0 amide bonds. The summed E-state index contributed by atoms with van der Waals surface area (Å²) in [7, 11) is 3.86. The standard InChI is InChI=1S/C25H24F3N3O5/c1-29(2)10-15-12-35-25(36-15)5-6-30(13-25)22-9-21-16(8-19(22)28)23(32)17(24(33)34)11-31(21)20-4-3-14(26)7-18(20)27/h3-4,7-9,11,15H,5-6,10,12-13H2,1-2H3,(H,33,34). The highest BCUT2D eigenvalue weighted by molar-refractivity contribution is 5.94. The Hall–Kier alpha value is -3.41. The monoisotopic (exact) mass is 503 g/mol. The molecule has 190 valence electrons. The first-order valence-electron chi connectivity index (χ1n) is 11.4. The van der Waals surface area contributed by atoms with Gasteiger partial charge in [-0.25, -0.2) is 18.0 Å². The number of pyridine rings is 1. The van der Waals surface area contributed by atoms with Crippen LogP contribution in [0.15, 0.2) is 41.3 Å². The summed E-state index contributed by atoms with van der Waals surface area (Å²) in [6.45, 7) is 1.72.